The zero-order valence-electron chi connectivity index (χ0n) is 17.6. The molecule has 0 aromatic heterocycles. The zero-order chi connectivity index (χ0) is 21.6. The number of ketones is 1. The number of hydrogen-bond donors (Lipinski definition) is 3. The number of rotatable bonds is 10. The van der Waals surface area contributed by atoms with Gasteiger partial charge in [0.25, 0.3) is 0 Å². The molecule has 0 saturated carbocycles. The van der Waals surface area contributed by atoms with Gasteiger partial charge in [0.15, 0.2) is 5.78 Å². The van der Waals surface area contributed by atoms with Crippen molar-refractivity contribution in [1.82, 2.24) is 0 Å². The molecule has 0 spiro atoms. The Bertz CT molecular complexity index is 956. The first-order valence-electron chi connectivity index (χ1n) is 9.50. The van der Waals surface area contributed by atoms with Gasteiger partial charge in [0.2, 0.25) is 0 Å². The van der Waals surface area contributed by atoms with Crippen LogP contribution in [0.1, 0.15) is 40.4 Å². The Morgan fingerprint density at radius 2 is 1.71 bits per heavy atom. The average molecular weight is 465 g/mol. The number of nitrogens with two attached hydrogens (primary N) is 2. The van der Waals surface area contributed by atoms with Crippen LogP contribution in [-0.2, 0) is 23.2 Å². The van der Waals surface area contributed by atoms with E-state index < -0.39 is 11.5 Å². The van der Waals surface area contributed by atoms with Crippen LogP contribution in [0.25, 0.3) is 11.1 Å². The van der Waals surface area contributed by atoms with Crippen molar-refractivity contribution in [2.75, 3.05) is 6.54 Å². The second-order valence-corrected chi connectivity index (χ2v) is 7.21. The molecule has 0 radical (unpaired) electrons. The van der Waals surface area contributed by atoms with E-state index >= 15 is 0 Å². The van der Waals surface area contributed by atoms with Crippen molar-refractivity contribution in [2.24, 2.45) is 11.5 Å². The van der Waals surface area contributed by atoms with Crippen molar-refractivity contribution in [2.45, 2.75) is 31.7 Å². The largest absolute Gasteiger partial charge is 0.480 e. The Hall–Kier alpha value is -2.44. The van der Waals surface area contributed by atoms with Crippen LogP contribution in [0.2, 0.25) is 0 Å². The monoisotopic (exact) mass is 464 g/mol. The number of carboxylic acids is 1. The molecule has 0 bridgehead atoms. The van der Waals surface area contributed by atoms with Crippen LogP contribution >= 0.6 is 24.8 Å². The number of carbonyl (C=O) groups is 2. The lowest BCUT2D eigenvalue weighted by Crippen LogP contribution is -2.42. The lowest BCUT2D eigenvalue weighted by Gasteiger charge is -2.24. The van der Waals surface area contributed by atoms with E-state index in [1.807, 2.05) is 24.3 Å². The third-order valence-electron chi connectivity index (χ3n) is 4.92. The highest BCUT2D eigenvalue weighted by Gasteiger charge is 2.33. The molecule has 0 amide bonds. The fourth-order valence-electron chi connectivity index (χ4n) is 3.32. The van der Waals surface area contributed by atoms with E-state index in [0.29, 0.717) is 24.0 Å². The van der Waals surface area contributed by atoms with Gasteiger partial charge in [-0.05, 0) is 54.1 Å². The highest BCUT2D eigenvalue weighted by Crippen LogP contribution is 2.33. The van der Waals surface area contributed by atoms with Crippen molar-refractivity contribution in [3.63, 3.8) is 0 Å². The molecule has 31 heavy (non-hydrogen) atoms. The van der Waals surface area contributed by atoms with Crippen molar-refractivity contribution >= 4 is 36.6 Å². The summed E-state index contributed by atoms with van der Waals surface area (Å²) < 4.78 is 0. The molecule has 1 atom stereocenters. The summed E-state index contributed by atoms with van der Waals surface area (Å²) in [6, 6.07) is 11.0. The molecule has 0 aliphatic carbocycles. The quantitative estimate of drug-likeness (QED) is 0.355. The molecular formula is C24H30Cl2N2O3. The standard InChI is InChI=1S/C24H28N2O3.2ClH/c1-4-6-16-8-11-21(24(3,26)23(28)29)20(14-16)18-9-10-19(22(27)12-13-25)17(15-18)7-5-2;;/h4-5,8-11,14-15H,1-2,6-7,12-13,25-26H2,3H3,(H,28,29);2*1H. The molecule has 0 aliphatic heterocycles. The third-order valence-corrected chi connectivity index (χ3v) is 4.92. The number of allylic oxidation sites excluding steroid dienone is 2. The van der Waals surface area contributed by atoms with Crippen molar-refractivity contribution in [3.05, 3.63) is 84.0 Å². The summed E-state index contributed by atoms with van der Waals surface area (Å²) in [5, 5.41) is 9.64. The van der Waals surface area contributed by atoms with Crippen LogP contribution in [0.4, 0.5) is 0 Å². The maximum Gasteiger partial charge on any atom is 0.328 e. The molecule has 0 aliphatic rings. The summed E-state index contributed by atoms with van der Waals surface area (Å²) in [6.07, 6.45) is 4.95. The Morgan fingerprint density at radius 3 is 2.26 bits per heavy atom. The Labute approximate surface area is 196 Å². The minimum atomic E-state index is -1.56. The summed E-state index contributed by atoms with van der Waals surface area (Å²) in [5.74, 6) is -1.14. The molecular weight excluding hydrogens is 435 g/mol. The molecule has 0 heterocycles. The predicted molar refractivity (Wildman–Crippen MR) is 131 cm³/mol. The lowest BCUT2D eigenvalue weighted by molar-refractivity contribution is -0.143. The van der Waals surface area contributed by atoms with Crippen LogP contribution in [0, 0.1) is 0 Å². The van der Waals surface area contributed by atoms with Gasteiger partial charge in [0.1, 0.15) is 5.54 Å². The van der Waals surface area contributed by atoms with Gasteiger partial charge in [-0.3, -0.25) is 4.79 Å². The summed E-state index contributed by atoms with van der Waals surface area (Å²) in [7, 11) is 0. The van der Waals surface area contributed by atoms with Gasteiger partial charge in [-0.25, -0.2) is 4.79 Å². The molecule has 168 valence electrons. The van der Waals surface area contributed by atoms with Crippen LogP contribution in [0.3, 0.4) is 0 Å². The minimum absolute atomic E-state index is 0. The summed E-state index contributed by atoms with van der Waals surface area (Å²) in [5.41, 5.74) is 14.6. The number of carboxylic acid groups (broad SMARTS) is 1. The second kappa shape index (κ2) is 12.4. The Balaban J connectivity index is 0.00000450. The highest BCUT2D eigenvalue weighted by molar-refractivity contribution is 5.98. The smallest absolute Gasteiger partial charge is 0.328 e. The number of halogens is 2. The molecule has 0 fully saturated rings. The van der Waals surface area contributed by atoms with Gasteiger partial charge < -0.3 is 16.6 Å². The van der Waals surface area contributed by atoms with E-state index in [4.69, 9.17) is 11.5 Å². The summed E-state index contributed by atoms with van der Waals surface area (Å²) in [6.45, 7) is 9.31. The molecule has 2 aromatic rings. The van der Waals surface area contributed by atoms with Crippen LogP contribution < -0.4 is 11.5 Å². The maximum atomic E-state index is 12.4. The van der Waals surface area contributed by atoms with E-state index in [-0.39, 0.29) is 43.6 Å². The van der Waals surface area contributed by atoms with Gasteiger partial charge in [0.05, 0.1) is 0 Å². The number of aliphatic carboxylic acids is 1. The van der Waals surface area contributed by atoms with Gasteiger partial charge in [-0.1, -0.05) is 48.6 Å². The van der Waals surface area contributed by atoms with E-state index in [2.05, 4.69) is 13.2 Å². The first kappa shape index (κ1) is 28.6. The number of carbonyl (C=O) groups excluding carboxylic acids is 1. The molecule has 0 saturated heterocycles. The molecule has 5 N–H and O–H groups in total. The highest BCUT2D eigenvalue weighted by atomic mass is 35.5. The SMILES string of the molecule is C=CCc1ccc(C(C)(N)C(=O)O)c(-c2ccc(C(=O)CCN)c(CC=C)c2)c1.Cl.Cl. The molecule has 1 unspecified atom stereocenters. The third kappa shape index (κ3) is 6.52. The predicted octanol–water partition coefficient (Wildman–Crippen LogP) is 4.44. The first-order chi connectivity index (χ1) is 13.8. The van der Waals surface area contributed by atoms with E-state index in [0.717, 1.165) is 22.3 Å². The van der Waals surface area contributed by atoms with Crippen LogP contribution in [0.15, 0.2) is 61.7 Å². The Morgan fingerprint density at radius 1 is 1.06 bits per heavy atom. The van der Waals surface area contributed by atoms with Crippen molar-refractivity contribution < 1.29 is 14.7 Å². The van der Waals surface area contributed by atoms with Gasteiger partial charge >= 0.3 is 5.97 Å². The summed E-state index contributed by atoms with van der Waals surface area (Å²) in [4.78, 5) is 24.2. The number of hydrogen-bond acceptors (Lipinski definition) is 4. The van der Waals surface area contributed by atoms with E-state index in [9.17, 15) is 14.7 Å². The zero-order valence-corrected chi connectivity index (χ0v) is 19.2. The second-order valence-electron chi connectivity index (χ2n) is 7.21. The maximum absolute atomic E-state index is 12.4. The summed E-state index contributed by atoms with van der Waals surface area (Å²) >= 11 is 0. The molecule has 2 aromatic carbocycles. The fraction of sp³-hybridized carbons (Fsp3) is 0.250. The van der Waals surface area contributed by atoms with Gasteiger partial charge in [0, 0.05) is 12.0 Å². The van der Waals surface area contributed by atoms with E-state index in [1.165, 1.54) is 6.92 Å². The number of Topliss-reactive ketones (excluding diaryl/α,β-unsaturated/α-hetero) is 1. The molecule has 7 heteroatoms. The average Bonchev–Trinajstić information content (AvgIpc) is 2.68. The lowest BCUT2D eigenvalue weighted by atomic mass is 9.84. The van der Waals surface area contributed by atoms with Crippen LogP contribution in [0.5, 0.6) is 0 Å². The minimum Gasteiger partial charge on any atom is -0.480 e. The Kier molecular flexibility index (Phi) is 11.4. The van der Waals surface area contributed by atoms with Crippen LogP contribution in [-0.4, -0.2) is 23.4 Å². The van der Waals surface area contributed by atoms with Gasteiger partial charge in [-0.2, -0.15) is 0 Å². The van der Waals surface area contributed by atoms with Gasteiger partial charge in [-0.15, -0.1) is 38.0 Å². The first-order valence-corrected chi connectivity index (χ1v) is 9.50. The molecule has 5 nitrogen and oxygen atoms in total. The van der Waals surface area contributed by atoms with Crippen molar-refractivity contribution in [1.29, 1.82) is 0 Å². The fourth-order valence-corrected chi connectivity index (χ4v) is 3.32. The normalized spacial score (nSPS) is 12.0. The molecule has 2 rings (SSSR count). The number of benzene rings is 2. The van der Waals surface area contributed by atoms with E-state index in [1.54, 1.807) is 24.3 Å². The van der Waals surface area contributed by atoms with Crippen molar-refractivity contribution in [3.8, 4) is 11.1 Å². The topological polar surface area (TPSA) is 106 Å².